The van der Waals surface area contributed by atoms with Gasteiger partial charge in [-0.3, -0.25) is 4.79 Å². The summed E-state index contributed by atoms with van der Waals surface area (Å²) in [6.07, 6.45) is 0.174. The van der Waals surface area contributed by atoms with Crippen LogP contribution in [-0.4, -0.2) is 15.9 Å². The lowest BCUT2D eigenvalue weighted by Gasteiger charge is -2.05. The maximum atomic E-state index is 12.4. The van der Waals surface area contributed by atoms with Gasteiger partial charge in [0, 0.05) is 16.6 Å². The molecule has 7 heteroatoms. The normalized spacial score (nSPS) is 10.9. The molecular weight excluding hydrogens is 378 g/mol. The van der Waals surface area contributed by atoms with Crippen molar-refractivity contribution in [3.8, 4) is 22.0 Å². The summed E-state index contributed by atoms with van der Waals surface area (Å²) < 4.78 is 5.69. The molecule has 0 unspecified atom stereocenters. The Morgan fingerprint density at radius 1 is 1.11 bits per heavy atom. The van der Waals surface area contributed by atoms with Gasteiger partial charge in [-0.05, 0) is 37.4 Å². The standard InChI is InChI=1S/C20H17N3O2S2/c1-12-16(23-20(25-12)18-4-3-9-26-18)10-19(24)22-15-7-5-14(6-8-15)17-11-27-13(2)21-17/h3-9,11H,10H2,1-2H3,(H,22,24). The van der Waals surface area contributed by atoms with E-state index >= 15 is 0 Å². The van der Waals surface area contributed by atoms with Crippen molar-refractivity contribution in [2.24, 2.45) is 0 Å². The molecule has 1 amide bonds. The molecule has 0 saturated heterocycles. The molecule has 136 valence electrons. The highest BCUT2D eigenvalue weighted by atomic mass is 32.1. The Balaban J connectivity index is 1.42. The first kappa shape index (κ1) is 17.6. The van der Waals surface area contributed by atoms with E-state index in [0.717, 1.165) is 26.8 Å². The Labute approximate surface area is 164 Å². The Morgan fingerprint density at radius 3 is 2.59 bits per heavy atom. The van der Waals surface area contributed by atoms with Crippen molar-refractivity contribution >= 4 is 34.3 Å². The van der Waals surface area contributed by atoms with Crippen LogP contribution in [0.25, 0.3) is 22.0 Å². The van der Waals surface area contributed by atoms with Crippen molar-refractivity contribution in [2.45, 2.75) is 20.3 Å². The van der Waals surface area contributed by atoms with Gasteiger partial charge in [0.15, 0.2) is 0 Å². The highest BCUT2D eigenvalue weighted by Gasteiger charge is 2.15. The summed E-state index contributed by atoms with van der Waals surface area (Å²) in [4.78, 5) is 22.3. The largest absolute Gasteiger partial charge is 0.440 e. The molecule has 4 aromatic rings. The van der Waals surface area contributed by atoms with Gasteiger partial charge in [0.2, 0.25) is 11.8 Å². The lowest BCUT2D eigenvalue weighted by molar-refractivity contribution is -0.115. The lowest BCUT2D eigenvalue weighted by atomic mass is 10.1. The third kappa shape index (κ3) is 3.99. The van der Waals surface area contributed by atoms with E-state index in [1.165, 1.54) is 0 Å². The van der Waals surface area contributed by atoms with Gasteiger partial charge >= 0.3 is 0 Å². The van der Waals surface area contributed by atoms with Crippen LogP contribution in [0.5, 0.6) is 0 Å². The second-order valence-electron chi connectivity index (χ2n) is 6.05. The van der Waals surface area contributed by atoms with Crippen molar-refractivity contribution in [3.63, 3.8) is 0 Å². The van der Waals surface area contributed by atoms with E-state index in [-0.39, 0.29) is 12.3 Å². The number of aryl methyl sites for hydroxylation is 2. The zero-order valence-electron chi connectivity index (χ0n) is 14.9. The summed E-state index contributed by atoms with van der Waals surface area (Å²) >= 11 is 3.18. The number of amides is 1. The Kier molecular flexibility index (Phi) is 4.87. The van der Waals surface area contributed by atoms with E-state index in [9.17, 15) is 4.79 Å². The first-order valence-corrected chi connectivity index (χ1v) is 10.2. The van der Waals surface area contributed by atoms with Crippen molar-refractivity contribution < 1.29 is 9.21 Å². The zero-order chi connectivity index (χ0) is 18.8. The molecule has 0 aliphatic heterocycles. The van der Waals surface area contributed by atoms with E-state index < -0.39 is 0 Å². The third-order valence-corrected chi connectivity index (χ3v) is 5.67. The third-order valence-electron chi connectivity index (χ3n) is 4.04. The van der Waals surface area contributed by atoms with Crippen LogP contribution in [0.2, 0.25) is 0 Å². The molecule has 5 nitrogen and oxygen atoms in total. The van der Waals surface area contributed by atoms with Crippen molar-refractivity contribution in [1.29, 1.82) is 0 Å². The number of carbonyl (C=O) groups is 1. The Morgan fingerprint density at radius 2 is 1.93 bits per heavy atom. The van der Waals surface area contributed by atoms with E-state index in [1.54, 1.807) is 22.7 Å². The molecule has 0 fully saturated rings. The van der Waals surface area contributed by atoms with E-state index in [1.807, 2.05) is 61.0 Å². The number of aromatic nitrogens is 2. The van der Waals surface area contributed by atoms with Gasteiger partial charge in [-0.25, -0.2) is 9.97 Å². The number of oxazole rings is 1. The smallest absolute Gasteiger partial charge is 0.236 e. The molecule has 1 N–H and O–H groups in total. The molecule has 27 heavy (non-hydrogen) atoms. The van der Waals surface area contributed by atoms with E-state index in [2.05, 4.69) is 15.3 Å². The SMILES string of the molecule is Cc1nc(-c2ccc(NC(=O)Cc3nc(-c4cccs4)oc3C)cc2)cs1. The minimum absolute atomic E-state index is 0.124. The van der Waals surface area contributed by atoms with Crippen LogP contribution in [0, 0.1) is 13.8 Å². The van der Waals surface area contributed by atoms with Crippen molar-refractivity contribution in [3.05, 3.63) is 63.6 Å². The lowest BCUT2D eigenvalue weighted by Crippen LogP contribution is -2.15. The summed E-state index contributed by atoms with van der Waals surface area (Å²) in [5, 5.41) is 7.94. The van der Waals surface area contributed by atoms with Gasteiger partial charge in [0.1, 0.15) is 5.76 Å². The number of hydrogen-bond acceptors (Lipinski definition) is 6. The number of anilines is 1. The predicted octanol–water partition coefficient (Wildman–Crippen LogP) is 5.32. The molecule has 4 rings (SSSR count). The molecule has 1 aromatic carbocycles. The molecular formula is C20H17N3O2S2. The Hall–Kier alpha value is -2.77. The zero-order valence-corrected chi connectivity index (χ0v) is 16.5. The van der Waals surface area contributed by atoms with Crippen LogP contribution in [0.15, 0.2) is 51.6 Å². The van der Waals surface area contributed by atoms with Crippen LogP contribution in [0.3, 0.4) is 0 Å². The molecule has 0 saturated carbocycles. The minimum Gasteiger partial charge on any atom is -0.440 e. The first-order valence-electron chi connectivity index (χ1n) is 8.41. The molecule has 0 aliphatic rings. The van der Waals surface area contributed by atoms with Gasteiger partial charge in [0.05, 0.1) is 27.7 Å². The van der Waals surface area contributed by atoms with Crippen molar-refractivity contribution in [1.82, 2.24) is 9.97 Å². The fourth-order valence-corrected chi connectivity index (χ4v) is 3.95. The fraction of sp³-hybridized carbons (Fsp3) is 0.150. The maximum Gasteiger partial charge on any atom is 0.236 e. The average molecular weight is 396 g/mol. The van der Waals surface area contributed by atoms with Crippen molar-refractivity contribution in [2.75, 3.05) is 5.32 Å². The van der Waals surface area contributed by atoms with Gasteiger partial charge in [-0.1, -0.05) is 18.2 Å². The second-order valence-corrected chi connectivity index (χ2v) is 8.06. The molecule has 3 aromatic heterocycles. The quantitative estimate of drug-likeness (QED) is 0.496. The molecule has 0 bridgehead atoms. The van der Waals surface area contributed by atoms with E-state index in [4.69, 9.17) is 4.42 Å². The van der Waals surface area contributed by atoms with Crippen LogP contribution < -0.4 is 5.32 Å². The summed E-state index contributed by atoms with van der Waals surface area (Å²) in [5.74, 6) is 1.11. The highest BCUT2D eigenvalue weighted by molar-refractivity contribution is 7.13. The maximum absolute atomic E-state index is 12.4. The molecule has 0 radical (unpaired) electrons. The van der Waals surface area contributed by atoms with Gasteiger partial charge in [0.25, 0.3) is 0 Å². The molecule has 0 spiro atoms. The van der Waals surface area contributed by atoms with Crippen LogP contribution in [0.4, 0.5) is 5.69 Å². The topological polar surface area (TPSA) is 68.0 Å². The predicted molar refractivity (Wildman–Crippen MR) is 109 cm³/mol. The number of benzene rings is 1. The van der Waals surface area contributed by atoms with Gasteiger partial charge in [-0.15, -0.1) is 22.7 Å². The van der Waals surface area contributed by atoms with Crippen LogP contribution in [0.1, 0.15) is 16.5 Å². The van der Waals surface area contributed by atoms with Crippen LogP contribution in [-0.2, 0) is 11.2 Å². The number of nitrogens with zero attached hydrogens (tertiary/aromatic N) is 2. The summed E-state index contributed by atoms with van der Waals surface area (Å²) in [5.41, 5.74) is 3.39. The number of nitrogens with one attached hydrogen (secondary N) is 1. The Bertz CT molecular complexity index is 1060. The number of thiophene rings is 1. The minimum atomic E-state index is -0.124. The number of carbonyl (C=O) groups excluding carboxylic acids is 1. The number of hydrogen-bond donors (Lipinski definition) is 1. The number of thiazole rings is 1. The average Bonchev–Trinajstić information content (AvgIpc) is 3.38. The monoisotopic (exact) mass is 395 g/mol. The first-order chi connectivity index (χ1) is 13.1. The van der Waals surface area contributed by atoms with Gasteiger partial charge < -0.3 is 9.73 Å². The number of rotatable bonds is 5. The fourth-order valence-electron chi connectivity index (χ4n) is 2.68. The van der Waals surface area contributed by atoms with Gasteiger partial charge in [-0.2, -0.15) is 0 Å². The van der Waals surface area contributed by atoms with E-state index in [0.29, 0.717) is 17.3 Å². The molecule has 3 heterocycles. The second kappa shape index (κ2) is 7.46. The molecule has 0 aliphatic carbocycles. The summed E-state index contributed by atoms with van der Waals surface area (Å²) in [7, 11) is 0. The highest BCUT2D eigenvalue weighted by Crippen LogP contribution is 2.26. The molecule has 0 atom stereocenters. The summed E-state index contributed by atoms with van der Waals surface area (Å²) in [6, 6.07) is 11.6. The van der Waals surface area contributed by atoms with Crippen LogP contribution >= 0.6 is 22.7 Å². The summed E-state index contributed by atoms with van der Waals surface area (Å²) in [6.45, 7) is 3.82.